The Hall–Kier alpha value is -1.77. The van der Waals surface area contributed by atoms with E-state index in [2.05, 4.69) is 10.6 Å². The summed E-state index contributed by atoms with van der Waals surface area (Å²) < 4.78 is 0. The van der Waals surface area contributed by atoms with E-state index in [0.29, 0.717) is 26.2 Å². The number of likely N-dealkylation sites (N-methyl/N-ethyl adjacent to an activating group) is 1. The first-order valence-electron chi connectivity index (χ1n) is 4.88. The van der Waals surface area contributed by atoms with Crippen molar-refractivity contribution in [3.05, 3.63) is 0 Å². The summed E-state index contributed by atoms with van der Waals surface area (Å²) in [5.41, 5.74) is 0. The number of amides is 2. The molecule has 6 nitrogen and oxygen atoms in total. The van der Waals surface area contributed by atoms with Gasteiger partial charge in [0.15, 0.2) is 6.19 Å². The van der Waals surface area contributed by atoms with Crippen LogP contribution in [0, 0.1) is 17.4 Å². The van der Waals surface area contributed by atoms with Gasteiger partial charge in [-0.15, -0.1) is 0 Å². The Labute approximate surface area is 88.2 Å². The van der Waals surface area contributed by atoms with Crippen molar-refractivity contribution in [2.24, 2.45) is 5.92 Å². The van der Waals surface area contributed by atoms with Crippen LogP contribution in [0.2, 0.25) is 0 Å². The molecule has 1 aliphatic rings. The molecule has 0 aliphatic carbocycles. The Morgan fingerprint density at radius 3 is 2.53 bits per heavy atom. The first-order chi connectivity index (χ1) is 7.17. The van der Waals surface area contributed by atoms with Gasteiger partial charge in [-0.25, -0.2) is 0 Å². The van der Waals surface area contributed by atoms with Gasteiger partial charge in [-0.2, -0.15) is 5.26 Å². The molecule has 1 aliphatic heterocycles. The minimum Gasteiger partial charge on any atom is -0.348 e. The highest BCUT2D eigenvalue weighted by atomic mass is 16.2. The van der Waals surface area contributed by atoms with E-state index in [-0.39, 0.29) is 5.92 Å². The second kappa shape index (κ2) is 5.20. The Balaban J connectivity index is 2.13. The van der Waals surface area contributed by atoms with Crippen LogP contribution >= 0.6 is 0 Å². The van der Waals surface area contributed by atoms with Gasteiger partial charge in [-0.05, 0) is 6.92 Å². The molecule has 15 heavy (non-hydrogen) atoms. The van der Waals surface area contributed by atoms with E-state index in [1.807, 2.05) is 6.19 Å². The number of nitrogens with zero attached hydrogens (tertiary/aromatic N) is 2. The Bertz CT molecular complexity index is 291. The van der Waals surface area contributed by atoms with Crippen molar-refractivity contribution in [3.8, 4) is 6.19 Å². The molecule has 0 aromatic rings. The van der Waals surface area contributed by atoms with Gasteiger partial charge < -0.3 is 15.5 Å². The van der Waals surface area contributed by atoms with E-state index >= 15 is 0 Å². The van der Waals surface area contributed by atoms with Gasteiger partial charge in [0.25, 0.3) is 0 Å². The zero-order valence-corrected chi connectivity index (χ0v) is 8.62. The van der Waals surface area contributed by atoms with Crippen LogP contribution in [-0.2, 0) is 9.59 Å². The van der Waals surface area contributed by atoms with Gasteiger partial charge in [0.05, 0.1) is 0 Å². The number of carbonyl (C=O) groups excluding carboxylic acids is 2. The van der Waals surface area contributed by atoms with Crippen LogP contribution in [0.25, 0.3) is 0 Å². The lowest BCUT2D eigenvalue weighted by molar-refractivity contribution is -0.139. The third-order valence-electron chi connectivity index (χ3n) is 2.19. The summed E-state index contributed by atoms with van der Waals surface area (Å²) in [4.78, 5) is 23.7. The van der Waals surface area contributed by atoms with Crippen LogP contribution in [0.15, 0.2) is 0 Å². The molecular weight excluding hydrogens is 196 g/mol. The lowest BCUT2D eigenvalue weighted by Crippen LogP contribution is -2.50. The van der Waals surface area contributed by atoms with E-state index in [9.17, 15) is 9.59 Å². The topological polar surface area (TPSA) is 85.2 Å². The van der Waals surface area contributed by atoms with Gasteiger partial charge in [0.1, 0.15) is 0 Å². The molecule has 0 bridgehead atoms. The van der Waals surface area contributed by atoms with Gasteiger partial charge in [0, 0.05) is 32.1 Å². The number of rotatable bonds is 3. The molecule has 0 aromatic heterocycles. The molecule has 0 radical (unpaired) electrons. The summed E-state index contributed by atoms with van der Waals surface area (Å²) in [5.74, 6) is -0.927. The summed E-state index contributed by atoms with van der Waals surface area (Å²) in [6.45, 7) is 3.96. The molecule has 1 saturated heterocycles. The molecule has 2 N–H and O–H groups in total. The first-order valence-corrected chi connectivity index (χ1v) is 4.88. The predicted octanol–water partition coefficient (Wildman–Crippen LogP) is -1.35. The van der Waals surface area contributed by atoms with Crippen LogP contribution in [0.4, 0.5) is 0 Å². The lowest BCUT2D eigenvalue weighted by atomic mass is 10.0. The average Bonchev–Trinajstić information content (AvgIpc) is 2.15. The number of hydrogen-bond acceptors (Lipinski definition) is 4. The monoisotopic (exact) mass is 210 g/mol. The maximum absolute atomic E-state index is 11.1. The van der Waals surface area contributed by atoms with Crippen LogP contribution in [0.3, 0.4) is 0 Å². The molecule has 0 aromatic carbocycles. The summed E-state index contributed by atoms with van der Waals surface area (Å²) in [7, 11) is 0. The van der Waals surface area contributed by atoms with Gasteiger partial charge in [-0.1, -0.05) is 0 Å². The molecule has 1 heterocycles. The molecule has 82 valence electrons. The highest BCUT2D eigenvalue weighted by Crippen LogP contribution is 2.12. The minimum absolute atomic E-state index is 0.281. The largest absolute Gasteiger partial charge is 0.348 e. The predicted molar refractivity (Wildman–Crippen MR) is 52.4 cm³/mol. The third-order valence-corrected chi connectivity index (χ3v) is 2.19. The molecule has 2 amide bonds. The molecule has 1 rings (SSSR count). The fraction of sp³-hybridized carbons (Fsp3) is 0.667. The zero-order valence-electron chi connectivity index (χ0n) is 8.62. The van der Waals surface area contributed by atoms with Crippen molar-refractivity contribution >= 4 is 11.8 Å². The smallest absolute Gasteiger partial charge is 0.309 e. The molecule has 1 fully saturated rings. The summed E-state index contributed by atoms with van der Waals surface area (Å²) in [6.07, 6.45) is 2.00. The Morgan fingerprint density at radius 2 is 2.00 bits per heavy atom. The van der Waals surface area contributed by atoms with Crippen molar-refractivity contribution in [2.75, 3.05) is 26.2 Å². The van der Waals surface area contributed by atoms with E-state index in [0.717, 1.165) is 0 Å². The second-order valence-electron chi connectivity index (χ2n) is 3.44. The van der Waals surface area contributed by atoms with E-state index in [1.54, 1.807) is 11.8 Å². The van der Waals surface area contributed by atoms with Crippen molar-refractivity contribution in [3.63, 3.8) is 0 Å². The van der Waals surface area contributed by atoms with E-state index in [1.165, 1.54) is 0 Å². The molecule has 0 saturated carbocycles. The van der Waals surface area contributed by atoms with Gasteiger partial charge in [0.2, 0.25) is 0 Å². The second-order valence-corrected chi connectivity index (χ2v) is 3.44. The highest BCUT2D eigenvalue weighted by molar-refractivity contribution is 6.35. The van der Waals surface area contributed by atoms with E-state index in [4.69, 9.17) is 5.26 Å². The summed E-state index contributed by atoms with van der Waals surface area (Å²) >= 11 is 0. The number of nitriles is 1. The minimum atomic E-state index is -0.604. The SMILES string of the molecule is CCNC(=O)C(=O)NCC1CN(C#N)C1. The third kappa shape index (κ3) is 3.13. The standard InChI is InChI=1S/C9H14N4O2/c1-2-11-8(14)9(15)12-3-7-4-13(5-7)6-10/h7H,2-5H2,1H3,(H,11,14)(H,12,15). The molecule has 0 atom stereocenters. The van der Waals surface area contributed by atoms with Crippen molar-refractivity contribution in [1.29, 1.82) is 5.26 Å². The molecule has 0 spiro atoms. The first kappa shape index (κ1) is 11.3. The Kier molecular flexibility index (Phi) is 3.92. The maximum atomic E-state index is 11.1. The van der Waals surface area contributed by atoms with Crippen molar-refractivity contribution < 1.29 is 9.59 Å². The lowest BCUT2D eigenvalue weighted by Gasteiger charge is -2.34. The normalized spacial score (nSPS) is 15.1. The summed E-state index contributed by atoms with van der Waals surface area (Å²) in [6, 6.07) is 0. The number of likely N-dealkylation sites (tertiary alicyclic amines) is 1. The Morgan fingerprint density at radius 1 is 1.40 bits per heavy atom. The molecule has 6 heteroatoms. The van der Waals surface area contributed by atoms with Crippen LogP contribution < -0.4 is 10.6 Å². The molecule has 0 unspecified atom stereocenters. The van der Waals surface area contributed by atoms with Gasteiger partial charge >= 0.3 is 11.8 Å². The number of nitrogens with one attached hydrogen (secondary N) is 2. The molecular formula is C9H14N4O2. The zero-order chi connectivity index (χ0) is 11.3. The summed E-state index contributed by atoms with van der Waals surface area (Å²) in [5, 5.41) is 13.4. The van der Waals surface area contributed by atoms with Gasteiger partial charge in [-0.3, -0.25) is 9.59 Å². The average molecular weight is 210 g/mol. The highest BCUT2D eigenvalue weighted by Gasteiger charge is 2.26. The number of carbonyl (C=O) groups is 2. The van der Waals surface area contributed by atoms with Crippen LogP contribution in [0.1, 0.15) is 6.92 Å². The van der Waals surface area contributed by atoms with Crippen molar-refractivity contribution in [2.45, 2.75) is 6.92 Å². The fourth-order valence-corrected chi connectivity index (χ4v) is 1.34. The quantitative estimate of drug-likeness (QED) is 0.445. The fourth-order valence-electron chi connectivity index (χ4n) is 1.34. The maximum Gasteiger partial charge on any atom is 0.309 e. The number of hydrogen-bond donors (Lipinski definition) is 2. The van der Waals surface area contributed by atoms with Crippen LogP contribution in [-0.4, -0.2) is 42.9 Å². The van der Waals surface area contributed by atoms with E-state index < -0.39 is 11.8 Å². The van der Waals surface area contributed by atoms with Crippen LogP contribution in [0.5, 0.6) is 0 Å². The van der Waals surface area contributed by atoms with Crippen molar-refractivity contribution in [1.82, 2.24) is 15.5 Å².